The number of carboxylic acid groups (broad SMARTS) is 1. The minimum absolute atomic E-state index is 0.106. The monoisotopic (exact) mass is 595 g/mol. The zero-order valence-electron chi connectivity index (χ0n) is 23.5. The van der Waals surface area contributed by atoms with Gasteiger partial charge in [0.1, 0.15) is 5.75 Å². The summed E-state index contributed by atoms with van der Waals surface area (Å²) in [6, 6.07) is 15.2. The maximum absolute atomic E-state index is 14.0. The van der Waals surface area contributed by atoms with Crippen LogP contribution in [0.2, 0.25) is 0 Å². The van der Waals surface area contributed by atoms with Crippen molar-refractivity contribution in [2.24, 2.45) is 5.92 Å². The maximum Gasteiger partial charge on any atom is 0.336 e. The van der Waals surface area contributed by atoms with Crippen LogP contribution in [0.25, 0.3) is 32.6 Å². The third kappa shape index (κ3) is 5.54. The first-order valence-corrected chi connectivity index (χ1v) is 14.7. The van der Waals surface area contributed by atoms with Gasteiger partial charge in [-0.15, -0.1) is 11.3 Å². The molecule has 0 fully saturated rings. The lowest BCUT2D eigenvalue weighted by atomic mass is 9.91. The lowest BCUT2D eigenvalue weighted by Crippen LogP contribution is -2.27. The minimum atomic E-state index is -1.22. The minimum Gasteiger partial charge on any atom is -0.493 e. The normalized spacial score (nSPS) is 12.3. The molecule has 10 nitrogen and oxygen atoms in total. The number of anilines is 2. The second kappa shape index (κ2) is 11.3. The molecule has 2 aromatic heterocycles. The Morgan fingerprint density at radius 2 is 1.86 bits per heavy atom. The van der Waals surface area contributed by atoms with Crippen molar-refractivity contribution in [3.05, 3.63) is 82.2 Å². The molecule has 0 radical (unpaired) electrons. The number of H-pyrrole nitrogens is 1. The van der Waals surface area contributed by atoms with Gasteiger partial charge in [-0.2, -0.15) is 0 Å². The molecule has 6 N–H and O–H groups in total. The van der Waals surface area contributed by atoms with Crippen LogP contribution in [0.5, 0.6) is 5.75 Å². The molecule has 0 unspecified atom stereocenters. The van der Waals surface area contributed by atoms with E-state index in [1.165, 1.54) is 6.07 Å². The van der Waals surface area contributed by atoms with Crippen molar-refractivity contribution in [1.82, 2.24) is 15.3 Å². The Morgan fingerprint density at radius 3 is 2.65 bits per heavy atom. The Balaban J connectivity index is 1.47. The van der Waals surface area contributed by atoms with E-state index in [1.807, 2.05) is 25.3 Å². The maximum atomic E-state index is 14.0. The molecule has 6 rings (SSSR count). The number of imidazole rings is 1. The van der Waals surface area contributed by atoms with Crippen molar-refractivity contribution < 1.29 is 24.2 Å². The van der Waals surface area contributed by atoms with E-state index < -0.39 is 11.9 Å². The van der Waals surface area contributed by atoms with E-state index in [0.717, 1.165) is 16.0 Å². The van der Waals surface area contributed by atoms with Gasteiger partial charge in [0.2, 0.25) is 0 Å². The number of carboxylic acids is 1. The molecule has 5 aromatic rings. The highest BCUT2D eigenvalue weighted by Crippen LogP contribution is 2.43. The molecule has 0 saturated carbocycles. The fraction of sp³-hybridized carbons (Fsp3) is 0.188. The molecular formula is C32H29N5O5S. The van der Waals surface area contributed by atoms with Gasteiger partial charge in [-0.05, 0) is 76.5 Å². The van der Waals surface area contributed by atoms with Crippen LogP contribution in [0, 0.1) is 5.92 Å². The number of aromatic carboxylic acids is 1. The molecule has 43 heavy (non-hydrogen) atoms. The first-order chi connectivity index (χ1) is 20.7. The molecule has 1 aliphatic rings. The van der Waals surface area contributed by atoms with Crippen molar-refractivity contribution in [3.63, 3.8) is 0 Å². The van der Waals surface area contributed by atoms with Gasteiger partial charge >= 0.3 is 5.97 Å². The molecular weight excluding hydrogens is 566 g/mol. The number of carbonyl (C=O) groups excluding carboxylic acids is 2. The average molecular weight is 596 g/mol. The second-order valence-electron chi connectivity index (χ2n) is 10.7. The van der Waals surface area contributed by atoms with Crippen LogP contribution in [0.15, 0.2) is 60.0 Å². The van der Waals surface area contributed by atoms with E-state index in [9.17, 15) is 19.5 Å². The van der Waals surface area contributed by atoms with E-state index in [0.29, 0.717) is 47.6 Å². The van der Waals surface area contributed by atoms with Gasteiger partial charge in [-0.1, -0.05) is 19.9 Å². The van der Waals surface area contributed by atoms with E-state index in [-0.39, 0.29) is 40.0 Å². The van der Waals surface area contributed by atoms with Gasteiger partial charge in [-0.25, -0.2) is 9.78 Å². The van der Waals surface area contributed by atoms with Crippen molar-refractivity contribution >= 4 is 51.8 Å². The highest BCUT2D eigenvalue weighted by molar-refractivity contribution is 7.13. The Labute approximate surface area is 250 Å². The van der Waals surface area contributed by atoms with Crippen molar-refractivity contribution in [2.45, 2.75) is 20.3 Å². The number of amides is 2. The lowest BCUT2D eigenvalue weighted by Gasteiger charge is -2.17. The predicted octanol–water partition coefficient (Wildman–Crippen LogP) is 5.81. The van der Waals surface area contributed by atoms with Crippen LogP contribution in [-0.4, -0.2) is 46.0 Å². The van der Waals surface area contributed by atoms with Gasteiger partial charge in [0.15, 0.2) is 5.95 Å². The molecule has 2 amide bonds. The smallest absolute Gasteiger partial charge is 0.336 e. The molecule has 0 atom stereocenters. The number of benzene rings is 3. The number of nitrogen functional groups attached to an aromatic ring is 1. The number of fused-ring (bicyclic) bond motifs is 4. The van der Waals surface area contributed by atoms with Crippen LogP contribution in [0.3, 0.4) is 0 Å². The number of hydrogen-bond donors (Lipinski definition) is 5. The summed E-state index contributed by atoms with van der Waals surface area (Å²) in [6.45, 7) is 4.84. The zero-order valence-corrected chi connectivity index (χ0v) is 24.3. The SMILES string of the molecule is CC(C)CNC(=O)c1ccc(-c2cc3c(cc2C(=O)Nc2ccc4nc(N)[nH]c4c2)-c2sccc2CCO3)c(C(=O)O)c1. The quantitative estimate of drug-likeness (QED) is 0.159. The number of rotatable bonds is 7. The lowest BCUT2D eigenvalue weighted by molar-refractivity contribution is 0.0697. The van der Waals surface area contributed by atoms with Crippen LogP contribution < -0.4 is 21.1 Å². The van der Waals surface area contributed by atoms with Crippen molar-refractivity contribution in [3.8, 4) is 27.3 Å². The van der Waals surface area contributed by atoms with Gasteiger partial charge in [0.05, 0.1) is 23.2 Å². The van der Waals surface area contributed by atoms with Crippen LogP contribution in [-0.2, 0) is 6.42 Å². The first-order valence-electron chi connectivity index (χ1n) is 13.8. The van der Waals surface area contributed by atoms with Crippen molar-refractivity contribution in [1.29, 1.82) is 0 Å². The summed E-state index contributed by atoms with van der Waals surface area (Å²) in [6.07, 6.45) is 0.707. The largest absolute Gasteiger partial charge is 0.493 e. The van der Waals surface area contributed by atoms with E-state index in [4.69, 9.17) is 10.5 Å². The second-order valence-corrected chi connectivity index (χ2v) is 11.7. The number of carbonyl (C=O) groups is 3. The number of aromatic nitrogens is 2. The number of thiophene rings is 1. The Morgan fingerprint density at radius 1 is 1.02 bits per heavy atom. The third-order valence-corrected chi connectivity index (χ3v) is 8.21. The summed E-state index contributed by atoms with van der Waals surface area (Å²) in [7, 11) is 0. The average Bonchev–Trinajstić information content (AvgIpc) is 3.56. The molecule has 218 valence electrons. The van der Waals surface area contributed by atoms with Crippen molar-refractivity contribution in [2.75, 3.05) is 24.2 Å². The van der Waals surface area contributed by atoms with E-state index in [2.05, 4.69) is 20.6 Å². The molecule has 1 aliphatic heterocycles. The molecule has 0 saturated heterocycles. The summed E-state index contributed by atoms with van der Waals surface area (Å²) in [4.78, 5) is 47.4. The molecule has 3 aromatic carbocycles. The zero-order chi connectivity index (χ0) is 30.2. The molecule has 3 heterocycles. The van der Waals surface area contributed by atoms with E-state index >= 15 is 0 Å². The highest BCUT2D eigenvalue weighted by atomic mass is 32.1. The standard InChI is InChI=1S/C32H29N5O5S/c1-16(2)15-34-29(38)18-3-5-20(23(11-18)31(40)41)21-14-27-24(28-17(7-9-42-27)8-10-43-28)13-22(21)30(39)35-19-4-6-25-26(12-19)37-32(33)36-25/h3-6,8,10-14,16H,7,9,15H2,1-2H3,(H,34,38)(H,35,39)(H,40,41)(H3,33,36,37). The summed E-state index contributed by atoms with van der Waals surface area (Å²) < 4.78 is 6.11. The first kappa shape index (κ1) is 28.0. The fourth-order valence-electron chi connectivity index (χ4n) is 5.13. The highest BCUT2D eigenvalue weighted by Gasteiger charge is 2.26. The summed E-state index contributed by atoms with van der Waals surface area (Å²) in [5.74, 6) is -0.984. The number of aromatic amines is 1. The van der Waals surface area contributed by atoms with Gasteiger partial charge < -0.3 is 31.2 Å². The summed E-state index contributed by atoms with van der Waals surface area (Å²) in [5.41, 5.74) is 10.5. The van der Waals surface area contributed by atoms with Crippen LogP contribution >= 0.6 is 11.3 Å². The van der Waals surface area contributed by atoms with Crippen LogP contribution in [0.4, 0.5) is 11.6 Å². The van der Waals surface area contributed by atoms with Gasteiger partial charge in [0.25, 0.3) is 11.8 Å². The molecule has 11 heteroatoms. The van der Waals surface area contributed by atoms with Gasteiger partial charge in [-0.3, -0.25) is 9.59 Å². The Bertz CT molecular complexity index is 1910. The molecule has 0 spiro atoms. The van der Waals surface area contributed by atoms with Gasteiger partial charge in [0, 0.05) is 40.2 Å². The Hall–Kier alpha value is -5.16. The van der Waals surface area contributed by atoms with Crippen LogP contribution in [0.1, 0.15) is 50.5 Å². The number of ether oxygens (including phenoxy) is 1. The van der Waals surface area contributed by atoms with E-state index in [1.54, 1.807) is 53.8 Å². The molecule has 0 aliphatic carbocycles. The molecule has 0 bridgehead atoms. The topological polar surface area (TPSA) is 159 Å². The Kier molecular flexibility index (Phi) is 7.32. The number of nitrogens with one attached hydrogen (secondary N) is 3. The third-order valence-electron chi connectivity index (χ3n) is 7.22. The number of hydrogen-bond acceptors (Lipinski definition) is 7. The predicted molar refractivity (Wildman–Crippen MR) is 167 cm³/mol. The fourth-order valence-corrected chi connectivity index (χ4v) is 6.11. The number of nitrogens with zero attached hydrogens (tertiary/aromatic N) is 1. The summed E-state index contributed by atoms with van der Waals surface area (Å²) >= 11 is 1.56. The summed E-state index contributed by atoms with van der Waals surface area (Å²) in [5, 5.41) is 18.0. The number of nitrogens with two attached hydrogens (primary N) is 1.